The number of sulfonamides is 1. The van der Waals surface area contributed by atoms with Gasteiger partial charge in [-0.15, -0.1) is 10.2 Å². The zero-order chi connectivity index (χ0) is 18.0. The number of anilines is 1. The van der Waals surface area contributed by atoms with Gasteiger partial charge >= 0.3 is 0 Å². The minimum absolute atomic E-state index is 0.143. The summed E-state index contributed by atoms with van der Waals surface area (Å²) in [7, 11) is -2.20. The van der Waals surface area contributed by atoms with E-state index in [4.69, 9.17) is 4.74 Å². The number of ether oxygens (including phenoxy) is 1. The minimum Gasteiger partial charge on any atom is -0.496 e. The maximum Gasteiger partial charge on any atom is 0.263 e. The highest BCUT2D eigenvalue weighted by Crippen LogP contribution is 2.29. The van der Waals surface area contributed by atoms with E-state index in [1.807, 2.05) is 53.8 Å². The Morgan fingerprint density at radius 1 is 1.12 bits per heavy atom. The average molecular weight is 487 g/mol. The average Bonchev–Trinajstić information content (AvgIpc) is 3.03. The second kappa shape index (κ2) is 7.26. The molecule has 0 aliphatic carbocycles. The number of nitrogens with one attached hydrogen (secondary N) is 1. The first kappa shape index (κ1) is 18.1. The summed E-state index contributed by atoms with van der Waals surface area (Å²) in [5, 5.41) is 8.87. The lowest BCUT2D eigenvalue weighted by atomic mass is 10.2. The van der Waals surface area contributed by atoms with Crippen LogP contribution in [0.15, 0.2) is 47.4 Å². The van der Waals surface area contributed by atoms with E-state index in [0.717, 1.165) is 11.1 Å². The van der Waals surface area contributed by atoms with Crippen LogP contribution in [-0.4, -0.2) is 25.7 Å². The Hall–Kier alpha value is -1.72. The predicted molar refractivity (Wildman–Crippen MR) is 107 cm³/mol. The lowest BCUT2D eigenvalue weighted by molar-refractivity contribution is 0.411. The van der Waals surface area contributed by atoms with Gasteiger partial charge in [0, 0.05) is 5.56 Å². The first-order valence-electron chi connectivity index (χ1n) is 7.16. The molecule has 2 aromatic carbocycles. The van der Waals surface area contributed by atoms with Gasteiger partial charge in [0.1, 0.15) is 10.8 Å². The number of rotatable bonds is 5. The lowest BCUT2D eigenvalue weighted by Crippen LogP contribution is -2.13. The van der Waals surface area contributed by atoms with E-state index < -0.39 is 10.0 Å². The molecule has 0 aliphatic rings. The Balaban J connectivity index is 1.84. The molecule has 0 radical (unpaired) electrons. The van der Waals surface area contributed by atoms with Gasteiger partial charge in [-0.05, 0) is 47.7 Å². The Kier molecular flexibility index (Phi) is 5.25. The molecule has 0 unspecified atom stereocenters. The highest BCUT2D eigenvalue weighted by atomic mass is 127. The Morgan fingerprint density at radius 2 is 1.84 bits per heavy atom. The third kappa shape index (κ3) is 4.10. The van der Waals surface area contributed by atoms with Gasteiger partial charge in [-0.25, -0.2) is 8.42 Å². The van der Waals surface area contributed by atoms with E-state index in [2.05, 4.69) is 14.9 Å². The van der Waals surface area contributed by atoms with E-state index in [1.165, 1.54) is 24.5 Å². The molecule has 0 saturated carbocycles. The largest absolute Gasteiger partial charge is 0.496 e. The van der Waals surface area contributed by atoms with E-state index in [9.17, 15) is 8.42 Å². The molecule has 1 N–H and O–H groups in total. The molecule has 0 bridgehead atoms. The number of hydrogen-bond donors (Lipinski definition) is 1. The highest BCUT2D eigenvalue weighted by Gasteiger charge is 2.18. The fourth-order valence-electron chi connectivity index (χ4n) is 2.07. The fourth-order valence-corrected chi connectivity index (χ4v) is 5.02. The maximum atomic E-state index is 12.5. The summed E-state index contributed by atoms with van der Waals surface area (Å²) in [5.41, 5.74) is 2.04. The molecule has 25 heavy (non-hydrogen) atoms. The first-order chi connectivity index (χ1) is 11.9. The Bertz CT molecular complexity index is 1000. The number of halogens is 1. The number of aryl methyl sites for hydroxylation is 1. The number of aromatic nitrogens is 2. The van der Waals surface area contributed by atoms with Crippen LogP contribution in [0.4, 0.5) is 5.13 Å². The number of hydrogen-bond acceptors (Lipinski definition) is 6. The highest BCUT2D eigenvalue weighted by molar-refractivity contribution is 14.1. The molecule has 130 valence electrons. The van der Waals surface area contributed by atoms with E-state index >= 15 is 0 Å². The van der Waals surface area contributed by atoms with Crippen LogP contribution in [0.3, 0.4) is 0 Å². The van der Waals surface area contributed by atoms with E-state index in [0.29, 0.717) is 14.3 Å². The number of methoxy groups -OCH3 is 1. The second-order valence-corrected chi connectivity index (χ2v) is 9.00. The fraction of sp³-hybridized carbons (Fsp3) is 0.125. The van der Waals surface area contributed by atoms with Gasteiger partial charge in [-0.3, -0.25) is 4.72 Å². The molecular formula is C16H14IN3O3S2. The van der Waals surface area contributed by atoms with Gasteiger partial charge in [0.25, 0.3) is 10.0 Å². The van der Waals surface area contributed by atoms with Crippen molar-refractivity contribution in [2.24, 2.45) is 0 Å². The summed E-state index contributed by atoms with van der Waals surface area (Å²) >= 11 is 3.22. The zero-order valence-electron chi connectivity index (χ0n) is 13.4. The van der Waals surface area contributed by atoms with Gasteiger partial charge in [0.05, 0.1) is 15.6 Å². The molecule has 0 spiro atoms. The van der Waals surface area contributed by atoms with Crippen molar-refractivity contribution in [1.82, 2.24) is 10.2 Å². The molecule has 1 heterocycles. The standard InChI is InChI=1S/C16H14IN3O3S2/c1-10-3-5-11(6-4-10)15-18-19-16(24-15)20-25(21,22)12-7-8-14(23-2)13(17)9-12/h3-9H,1-2H3,(H,19,20). The number of benzene rings is 2. The van der Waals surface area contributed by atoms with Crippen molar-refractivity contribution in [1.29, 1.82) is 0 Å². The van der Waals surface area contributed by atoms with Crippen LogP contribution in [0, 0.1) is 10.5 Å². The van der Waals surface area contributed by atoms with Gasteiger partial charge in [-0.1, -0.05) is 41.2 Å². The molecule has 0 fully saturated rings. The van der Waals surface area contributed by atoms with Gasteiger partial charge < -0.3 is 4.74 Å². The SMILES string of the molecule is COc1ccc(S(=O)(=O)Nc2nnc(-c3ccc(C)cc3)s2)cc1I. The molecule has 3 rings (SSSR count). The van der Waals surface area contributed by atoms with Crippen LogP contribution < -0.4 is 9.46 Å². The minimum atomic E-state index is -3.74. The van der Waals surface area contributed by atoms with E-state index in [1.54, 1.807) is 12.1 Å². The van der Waals surface area contributed by atoms with Crippen LogP contribution in [0.25, 0.3) is 10.6 Å². The quantitative estimate of drug-likeness (QED) is 0.552. The van der Waals surface area contributed by atoms with E-state index in [-0.39, 0.29) is 10.0 Å². The van der Waals surface area contributed by atoms with Crippen molar-refractivity contribution < 1.29 is 13.2 Å². The summed E-state index contributed by atoms with van der Waals surface area (Å²) in [6.07, 6.45) is 0. The summed E-state index contributed by atoms with van der Waals surface area (Å²) < 4.78 is 33.4. The summed E-state index contributed by atoms with van der Waals surface area (Å²) in [5.74, 6) is 0.622. The van der Waals surface area contributed by atoms with Gasteiger partial charge in [-0.2, -0.15) is 0 Å². The summed E-state index contributed by atoms with van der Waals surface area (Å²) in [6.45, 7) is 2.00. The van der Waals surface area contributed by atoms with Crippen LogP contribution in [0.2, 0.25) is 0 Å². The van der Waals surface area contributed by atoms with Crippen LogP contribution in [-0.2, 0) is 10.0 Å². The molecule has 0 amide bonds. The van der Waals surface area contributed by atoms with Crippen molar-refractivity contribution >= 4 is 49.1 Å². The Morgan fingerprint density at radius 3 is 2.48 bits per heavy atom. The molecule has 3 aromatic rings. The molecule has 0 atom stereocenters. The van der Waals surface area contributed by atoms with Crippen LogP contribution in [0.5, 0.6) is 5.75 Å². The summed E-state index contributed by atoms with van der Waals surface area (Å²) in [4.78, 5) is 0.143. The van der Waals surface area contributed by atoms with Crippen molar-refractivity contribution in [2.75, 3.05) is 11.8 Å². The topological polar surface area (TPSA) is 81.2 Å². The smallest absolute Gasteiger partial charge is 0.263 e. The Labute approximate surface area is 163 Å². The maximum absolute atomic E-state index is 12.5. The zero-order valence-corrected chi connectivity index (χ0v) is 17.1. The molecule has 1 aromatic heterocycles. The molecular weight excluding hydrogens is 473 g/mol. The first-order valence-corrected chi connectivity index (χ1v) is 10.5. The lowest BCUT2D eigenvalue weighted by Gasteiger charge is -2.07. The van der Waals surface area contributed by atoms with Crippen molar-refractivity contribution in [3.63, 3.8) is 0 Å². The third-order valence-electron chi connectivity index (χ3n) is 3.38. The van der Waals surface area contributed by atoms with Crippen molar-refractivity contribution in [2.45, 2.75) is 11.8 Å². The molecule has 0 aliphatic heterocycles. The van der Waals surface area contributed by atoms with Crippen molar-refractivity contribution in [3.8, 4) is 16.3 Å². The predicted octanol–water partition coefficient (Wildman–Crippen LogP) is 3.93. The normalized spacial score (nSPS) is 11.3. The van der Waals surface area contributed by atoms with Crippen LogP contribution in [0.1, 0.15) is 5.56 Å². The number of nitrogens with zero attached hydrogens (tertiary/aromatic N) is 2. The monoisotopic (exact) mass is 487 g/mol. The van der Waals surface area contributed by atoms with Crippen molar-refractivity contribution in [3.05, 3.63) is 51.6 Å². The molecule has 0 saturated heterocycles. The second-order valence-electron chi connectivity index (χ2n) is 5.18. The molecule has 6 nitrogen and oxygen atoms in total. The molecule has 9 heteroatoms. The summed E-state index contributed by atoms with van der Waals surface area (Å²) in [6, 6.07) is 12.5. The van der Waals surface area contributed by atoms with Crippen LogP contribution >= 0.6 is 33.9 Å². The van der Waals surface area contributed by atoms with Gasteiger partial charge in [0.2, 0.25) is 5.13 Å². The third-order valence-corrected chi connectivity index (χ3v) is 6.58. The van der Waals surface area contributed by atoms with Gasteiger partial charge in [0.15, 0.2) is 0 Å².